The average Bonchev–Trinajstić information content (AvgIpc) is 3.41. The smallest absolute Gasteiger partial charge is 0.305 e. The first-order valence-electron chi connectivity index (χ1n) is 22.0. The minimum absolute atomic E-state index is 0.0332. The maximum atomic E-state index is 12.4. The zero-order chi connectivity index (χ0) is 38.8. The van der Waals surface area contributed by atoms with Gasteiger partial charge in [-0.05, 0) is 32.1 Å². The molecular weight excluding hydrogens is 668 g/mol. The Morgan fingerprint density at radius 1 is 0.660 bits per heavy atom. The van der Waals surface area contributed by atoms with Gasteiger partial charge in [0.1, 0.15) is 25.1 Å². The van der Waals surface area contributed by atoms with Crippen LogP contribution >= 0.6 is 0 Å². The second-order valence-corrected chi connectivity index (χ2v) is 15.6. The van der Waals surface area contributed by atoms with Gasteiger partial charge in [0.2, 0.25) is 0 Å². The van der Waals surface area contributed by atoms with Crippen LogP contribution in [0.5, 0.6) is 0 Å². The lowest BCUT2D eigenvalue weighted by Crippen LogP contribution is -2.25. The normalized spacial score (nSPS) is 18.7. The summed E-state index contributed by atoms with van der Waals surface area (Å²) in [5.74, 6) is -1.33. The first-order valence-corrected chi connectivity index (χ1v) is 22.0. The lowest BCUT2D eigenvalue weighted by atomic mass is 9.90. The fraction of sp³-hybridized carbons (Fsp3) is 0.844. The Bertz CT molecular complexity index is 962. The van der Waals surface area contributed by atoms with Gasteiger partial charge < -0.3 is 24.8 Å². The Labute approximate surface area is 324 Å². The van der Waals surface area contributed by atoms with Gasteiger partial charge in [-0.15, -0.1) is 0 Å². The van der Waals surface area contributed by atoms with E-state index in [2.05, 4.69) is 13.8 Å². The highest BCUT2D eigenvalue weighted by Crippen LogP contribution is 2.33. The molecular formula is C45H80O8. The van der Waals surface area contributed by atoms with Crippen molar-refractivity contribution in [1.29, 1.82) is 0 Å². The van der Waals surface area contributed by atoms with E-state index in [1.165, 1.54) is 103 Å². The number of ketones is 1. The largest absolute Gasteiger partial charge is 0.463 e. The van der Waals surface area contributed by atoms with E-state index in [0.29, 0.717) is 32.1 Å². The summed E-state index contributed by atoms with van der Waals surface area (Å²) in [6, 6.07) is 0. The van der Waals surface area contributed by atoms with Crippen LogP contribution in [0.3, 0.4) is 0 Å². The Kier molecular flexibility index (Phi) is 31.9. The van der Waals surface area contributed by atoms with E-state index in [9.17, 15) is 29.7 Å². The minimum atomic E-state index is -1.05. The molecule has 0 saturated heterocycles. The van der Waals surface area contributed by atoms with E-state index in [-0.39, 0.29) is 49.6 Å². The zero-order valence-electron chi connectivity index (χ0n) is 34.0. The van der Waals surface area contributed by atoms with Crippen LogP contribution in [-0.2, 0) is 23.9 Å². The summed E-state index contributed by atoms with van der Waals surface area (Å²) in [6.07, 6.45) is 36.0. The van der Waals surface area contributed by atoms with Crippen molar-refractivity contribution in [3.8, 4) is 0 Å². The number of esters is 2. The zero-order valence-corrected chi connectivity index (χ0v) is 34.0. The molecule has 0 aromatic carbocycles. The number of allylic oxidation sites excluding steroid dienone is 2. The van der Waals surface area contributed by atoms with E-state index < -0.39 is 24.3 Å². The van der Waals surface area contributed by atoms with Crippen LogP contribution in [0.1, 0.15) is 200 Å². The first-order chi connectivity index (χ1) is 25.8. The summed E-state index contributed by atoms with van der Waals surface area (Å²) in [5, 5.41) is 30.6. The second-order valence-electron chi connectivity index (χ2n) is 15.6. The van der Waals surface area contributed by atoms with Crippen molar-refractivity contribution < 1.29 is 39.2 Å². The van der Waals surface area contributed by atoms with Gasteiger partial charge in [0.05, 0.1) is 12.2 Å². The molecule has 0 spiro atoms. The predicted octanol–water partition coefficient (Wildman–Crippen LogP) is 10.4. The predicted molar refractivity (Wildman–Crippen MR) is 215 cm³/mol. The van der Waals surface area contributed by atoms with Crippen LogP contribution in [0.25, 0.3) is 0 Å². The summed E-state index contributed by atoms with van der Waals surface area (Å²) in [4.78, 5) is 36.6. The second kappa shape index (κ2) is 34.5. The van der Waals surface area contributed by atoms with Gasteiger partial charge in [-0.2, -0.15) is 0 Å². The van der Waals surface area contributed by atoms with Crippen LogP contribution in [0, 0.1) is 11.8 Å². The fourth-order valence-corrected chi connectivity index (χ4v) is 7.13. The highest BCUT2D eigenvalue weighted by molar-refractivity contribution is 5.84. The molecule has 1 aliphatic rings. The van der Waals surface area contributed by atoms with E-state index >= 15 is 0 Å². The van der Waals surface area contributed by atoms with Crippen molar-refractivity contribution in [2.45, 2.75) is 218 Å². The van der Waals surface area contributed by atoms with Crippen molar-refractivity contribution in [3.05, 3.63) is 24.3 Å². The molecule has 0 aromatic rings. The Morgan fingerprint density at radius 2 is 1.11 bits per heavy atom. The van der Waals surface area contributed by atoms with E-state index in [1.807, 2.05) is 12.2 Å². The van der Waals surface area contributed by atoms with Crippen molar-refractivity contribution in [1.82, 2.24) is 0 Å². The Morgan fingerprint density at radius 3 is 1.62 bits per heavy atom. The van der Waals surface area contributed by atoms with Crippen molar-refractivity contribution >= 4 is 17.7 Å². The molecule has 1 rings (SSSR count). The summed E-state index contributed by atoms with van der Waals surface area (Å²) < 4.78 is 10.3. The van der Waals surface area contributed by atoms with Crippen LogP contribution in [-0.4, -0.2) is 64.6 Å². The SMILES string of the molecule is CCCCCCCCCCCCCCCCCCCCCC(=O)OC[C@H](O)COC(=O)CCC/C=C\C[C@H]1C(=O)C[C@@H](O)[C@@H]1/C=C/[C@@H](O)CCCCC. The number of rotatable bonds is 36. The summed E-state index contributed by atoms with van der Waals surface area (Å²) in [5.41, 5.74) is 0. The highest BCUT2D eigenvalue weighted by Gasteiger charge is 2.39. The van der Waals surface area contributed by atoms with E-state index in [4.69, 9.17) is 9.47 Å². The lowest BCUT2D eigenvalue weighted by molar-refractivity contribution is -0.152. The summed E-state index contributed by atoms with van der Waals surface area (Å²) in [6.45, 7) is 3.99. The number of unbranched alkanes of at least 4 members (excludes halogenated alkanes) is 21. The molecule has 0 heterocycles. The molecule has 53 heavy (non-hydrogen) atoms. The Balaban J connectivity index is 1.98. The number of carbonyl (C=O) groups excluding carboxylic acids is 3. The molecule has 5 atom stereocenters. The summed E-state index contributed by atoms with van der Waals surface area (Å²) in [7, 11) is 0. The topological polar surface area (TPSA) is 130 Å². The Hall–Kier alpha value is -2.03. The van der Waals surface area contributed by atoms with Crippen LogP contribution < -0.4 is 0 Å². The molecule has 0 unspecified atom stereocenters. The first kappa shape index (κ1) is 49.0. The molecule has 308 valence electrons. The van der Waals surface area contributed by atoms with Gasteiger partial charge in [-0.1, -0.05) is 173 Å². The minimum Gasteiger partial charge on any atom is -0.463 e. The summed E-state index contributed by atoms with van der Waals surface area (Å²) >= 11 is 0. The maximum Gasteiger partial charge on any atom is 0.305 e. The molecule has 0 amide bonds. The molecule has 1 aliphatic carbocycles. The number of aliphatic hydroxyl groups is 3. The number of hydrogen-bond donors (Lipinski definition) is 3. The van der Waals surface area contributed by atoms with Crippen molar-refractivity contribution in [2.24, 2.45) is 11.8 Å². The average molecular weight is 749 g/mol. The molecule has 0 aromatic heterocycles. The molecule has 1 saturated carbocycles. The molecule has 1 fully saturated rings. The van der Waals surface area contributed by atoms with Gasteiger partial charge in [0.25, 0.3) is 0 Å². The third kappa shape index (κ3) is 28.1. The maximum absolute atomic E-state index is 12.4. The van der Waals surface area contributed by atoms with Crippen LogP contribution in [0.2, 0.25) is 0 Å². The molecule has 8 nitrogen and oxygen atoms in total. The van der Waals surface area contributed by atoms with Gasteiger partial charge >= 0.3 is 11.9 Å². The fourth-order valence-electron chi connectivity index (χ4n) is 7.13. The number of ether oxygens (including phenoxy) is 2. The molecule has 0 radical (unpaired) electrons. The van der Waals surface area contributed by atoms with Crippen LogP contribution in [0.4, 0.5) is 0 Å². The van der Waals surface area contributed by atoms with Crippen LogP contribution in [0.15, 0.2) is 24.3 Å². The lowest BCUT2D eigenvalue weighted by Gasteiger charge is -2.16. The highest BCUT2D eigenvalue weighted by atomic mass is 16.6. The van der Waals surface area contributed by atoms with Gasteiger partial charge in [-0.25, -0.2) is 0 Å². The quantitative estimate of drug-likeness (QED) is 0.0328. The molecule has 0 aliphatic heterocycles. The van der Waals surface area contributed by atoms with Crippen molar-refractivity contribution in [3.63, 3.8) is 0 Å². The monoisotopic (exact) mass is 749 g/mol. The third-order valence-electron chi connectivity index (χ3n) is 10.6. The number of carbonyl (C=O) groups is 3. The van der Waals surface area contributed by atoms with E-state index in [1.54, 1.807) is 12.2 Å². The van der Waals surface area contributed by atoms with Crippen molar-refractivity contribution in [2.75, 3.05) is 13.2 Å². The van der Waals surface area contributed by atoms with Gasteiger partial charge in [0, 0.05) is 31.1 Å². The number of Topliss-reactive ketones (excluding diaryl/α,β-unsaturated/α-hetero) is 1. The molecule has 3 N–H and O–H groups in total. The number of aliphatic hydroxyl groups excluding tert-OH is 3. The van der Waals surface area contributed by atoms with E-state index in [0.717, 1.165) is 38.5 Å². The van der Waals surface area contributed by atoms with Gasteiger partial charge in [-0.3, -0.25) is 14.4 Å². The third-order valence-corrected chi connectivity index (χ3v) is 10.6. The standard InChI is InChI=1S/C45H80O8/c1-3-5-7-8-9-10-11-12-13-14-15-16-17-18-19-20-21-22-27-31-44(50)52-36-39(47)37-53-45(51)32-28-24-23-26-30-40-41(43(49)35-42(40)48)34-33-38(46)29-25-6-4-2/h23,26,33-34,38-41,43,46-47,49H,3-22,24-25,27-32,35-37H2,1-2H3/b26-23-,34-33+/t38-,39-,40+,41+,43+/m0/s1. The molecule has 8 heteroatoms. The molecule has 0 bridgehead atoms. The van der Waals surface area contributed by atoms with Gasteiger partial charge in [0.15, 0.2) is 0 Å². The number of hydrogen-bond acceptors (Lipinski definition) is 8.